The Hall–Kier alpha value is -5.54. The van der Waals surface area contributed by atoms with Crippen LogP contribution in [0.2, 0.25) is 0 Å². The minimum Gasteiger partial charge on any atom is -0.360 e. The first-order valence-corrected chi connectivity index (χ1v) is 15.2. The summed E-state index contributed by atoms with van der Waals surface area (Å²) >= 11 is 0. The maximum Gasteiger partial charge on any atom is 0.145 e. The molecule has 0 amide bonds. The lowest BCUT2D eigenvalue weighted by Gasteiger charge is -2.23. The molecule has 0 fully saturated rings. The second-order valence-corrected chi connectivity index (χ2v) is 11.0. The molecule has 3 nitrogen and oxygen atoms in total. The molecule has 6 aromatic rings. The normalized spacial score (nSPS) is 17.2. The van der Waals surface area contributed by atoms with Gasteiger partial charge in [0.1, 0.15) is 6.17 Å². The van der Waals surface area contributed by atoms with E-state index in [0.717, 1.165) is 57.8 Å². The SMILES string of the molecule is C1=C(/c2ccccc2)NC(c2ccccc2)/N=C(/c2ccc(-c3cnc(-c4ccccc4)cc3-c3ccccc3)cc2)CC/1. The Balaban J connectivity index is 1.23. The monoisotopic (exact) mass is 567 g/mol. The molecule has 0 bridgehead atoms. The number of nitrogens with one attached hydrogen (secondary N) is 1. The fourth-order valence-electron chi connectivity index (χ4n) is 5.79. The van der Waals surface area contributed by atoms with E-state index in [9.17, 15) is 0 Å². The van der Waals surface area contributed by atoms with Gasteiger partial charge in [-0.15, -0.1) is 0 Å². The van der Waals surface area contributed by atoms with Crippen LogP contribution in [0.25, 0.3) is 39.2 Å². The highest BCUT2D eigenvalue weighted by atomic mass is 15.1. The zero-order valence-electron chi connectivity index (χ0n) is 24.5. The van der Waals surface area contributed by atoms with Gasteiger partial charge in [-0.3, -0.25) is 9.98 Å². The summed E-state index contributed by atoms with van der Waals surface area (Å²) in [6, 6.07) is 53.0. The van der Waals surface area contributed by atoms with E-state index in [1.54, 1.807) is 0 Å². The summed E-state index contributed by atoms with van der Waals surface area (Å²) in [5, 5.41) is 3.74. The van der Waals surface area contributed by atoms with Crippen LogP contribution in [0.4, 0.5) is 0 Å². The van der Waals surface area contributed by atoms with E-state index >= 15 is 0 Å². The topological polar surface area (TPSA) is 37.3 Å². The standard InChI is InChI=1S/C41H33N3/c1-5-14-30(15-6-1)36-28-40(33-18-9-3-10-19-33)42-29-37(36)31-24-26-34(27-25-31)39-23-13-22-38(32-16-7-2-8-17-32)43-41(44-39)35-20-11-4-12-21-35/h1-12,14-22,24-29,41,43H,13,23H2/b38-22-,44-39+. The molecule has 5 aromatic carbocycles. The summed E-state index contributed by atoms with van der Waals surface area (Å²) in [5.41, 5.74) is 12.4. The molecule has 0 saturated heterocycles. The second-order valence-electron chi connectivity index (χ2n) is 11.0. The summed E-state index contributed by atoms with van der Waals surface area (Å²) in [7, 11) is 0. The van der Waals surface area contributed by atoms with Crippen LogP contribution in [0.5, 0.6) is 0 Å². The third-order valence-electron chi connectivity index (χ3n) is 8.09. The molecule has 0 aliphatic carbocycles. The van der Waals surface area contributed by atoms with Crippen molar-refractivity contribution in [3.63, 3.8) is 0 Å². The first-order chi connectivity index (χ1) is 21.8. The zero-order chi connectivity index (χ0) is 29.6. The van der Waals surface area contributed by atoms with Crippen molar-refractivity contribution in [2.75, 3.05) is 0 Å². The van der Waals surface area contributed by atoms with Crippen LogP contribution >= 0.6 is 0 Å². The molecule has 1 aromatic heterocycles. The van der Waals surface area contributed by atoms with E-state index in [1.165, 1.54) is 16.7 Å². The van der Waals surface area contributed by atoms with E-state index in [0.29, 0.717) is 0 Å². The number of aromatic nitrogens is 1. The van der Waals surface area contributed by atoms with Gasteiger partial charge < -0.3 is 5.32 Å². The Kier molecular flexibility index (Phi) is 7.92. The van der Waals surface area contributed by atoms with Gasteiger partial charge in [0.15, 0.2) is 0 Å². The zero-order valence-corrected chi connectivity index (χ0v) is 24.5. The number of hydrogen-bond donors (Lipinski definition) is 1. The minimum absolute atomic E-state index is 0.183. The van der Waals surface area contributed by atoms with E-state index in [1.807, 2.05) is 12.3 Å². The van der Waals surface area contributed by atoms with E-state index in [2.05, 4.69) is 157 Å². The van der Waals surface area contributed by atoms with E-state index < -0.39 is 0 Å². The highest BCUT2D eigenvalue weighted by Crippen LogP contribution is 2.35. The van der Waals surface area contributed by atoms with Crippen LogP contribution in [-0.4, -0.2) is 10.7 Å². The summed E-state index contributed by atoms with van der Waals surface area (Å²) in [4.78, 5) is 10.2. The lowest BCUT2D eigenvalue weighted by atomic mass is 9.93. The molecular formula is C41H33N3. The van der Waals surface area contributed by atoms with Crippen molar-refractivity contribution in [3.05, 3.63) is 181 Å². The van der Waals surface area contributed by atoms with Crippen molar-refractivity contribution in [1.82, 2.24) is 10.3 Å². The predicted molar refractivity (Wildman–Crippen MR) is 183 cm³/mol. The van der Waals surface area contributed by atoms with Crippen molar-refractivity contribution in [1.29, 1.82) is 0 Å². The Labute approximate surface area is 259 Å². The van der Waals surface area contributed by atoms with E-state index in [-0.39, 0.29) is 6.17 Å². The smallest absolute Gasteiger partial charge is 0.145 e. The van der Waals surface area contributed by atoms with Gasteiger partial charge in [0.05, 0.1) is 5.69 Å². The second kappa shape index (κ2) is 12.8. The molecule has 0 saturated carbocycles. The molecule has 1 N–H and O–H groups in total. The number of allylic oxidation sites excluding steroid dienone is 1. The molecule has 1 unspecified atom stereocenters. The van der Waals surface area contributed by atoms with Crippen LogP contribution in [0.1, 0.15) is 35.7 Å². The van der Waals surface area contributed by atoms with Crippen LogP contribution in [0.3, 0.4) is 0 Å². The van der Waals surface area contributed by atoms with Crippen molar-refractivity contribution in [2.24, 2.45) is 4.99 Å². The minimum atomic E-state index is -0.183. The summed E-state index contributed by atoms with van der Waals surface area (Å²) in [5.74, 6) is 0. The largest absolute Gasteiger partial charge is 0.360 e. The van der Waals surface area contributed by atoms with Gasteiger partial charge in [0, 0.05) is 28.7 Å². The van der Waals surface area contributed by atoms with Gasteiger partial charge in [-0.25, -0.2) is 0 Å². The molecule has 212 valence electrons. The van der Waals surface area contributed by atoms with Crippen LogP contribution in [-0.2, 0) is 0 Å². The van der Waals surface area contributed by atoms with Crippen molar-refractivity contribution in [2.45, 2.75) is 19.0 Å². The lowest BCUT2D eigenvalue weighted by molar-refractivity contribution is 0.661. The van der Waals surface area contributed by atoms with Gasteiger partial charge in [-0.05, 0) is 52.3 Å². The summed E-state index contributed by atoms with van der Waals surface area (Å²) in [6.07, 6.45) is 5.90. The molecule has 1 aliphatic heterocycles. The van der Waals surface area contributed by atoms with Gasteiger partial charge in [0.2, 0.25) is 0 Å². The first kappa shape index (κ1) is 27.3. The van der Waals surface area contributed by atoms with Crippen molar-refractivity contribution >= 4 is 11.4 Å². The Morgan fingerprint density at radius 1 is 0.523 bits per heavy atom. The average Bonchev–Trinajstić information content (AvgIpc) is 3.10. The summed E-state index contributed by atoms with van der Waals surface area (Å²) < 4.78 is 0. The molecule has 7 rings (SSSR count). The third-order valence-corrected chi connectivity index (χ3v) is 8.09. The van der Waals surface area contributed by atoms with Crippen LogP contribution in [0.15, 0.2) is 169 Å². The Morgan fingerprint density at radius 2 is 1.07 bits per heavy atom. The molecule has 3 heteroatoms. The molecule has 44 heavy (non-hydrogen) atoms. The highest BCUT2D eigenvalue weighted by molar-refractivity contribution is 6.01. The van der Waals surface area contributed by atoms with Crippen LogP contribution in [0, 0.1) is 0 Å². The van der Waals surface area contributed by atoms with Gasteiger partial charge in [-0.2, -0.15) is 0 Å². The molecule has 1 aliphatic rings. The average molecular weight is 568 g/mol. The molecule has 1 atom stereocenters. The number of aliphatic imine (C=N–C) groups is 1. The highest BCUT2D eigenvalue weighted by Gasteiger charge is 2.18. The number of nitrogens with zero attached hydrogens (tertiary/aromatic N) is 2. The fourth-order valence-corrected chi connectivity index (χ4v) is 5.79. The third kappa shape index (κ3) is 5.99. The fraction of sp³-hybridized carbons (Fsp3) is 0.0732. The first-order valence-electron chi connectivity index (χ1n) is 15.2. The van der Waals surface area contributed by atoms with Crippen LogP contribution < -0.4 is 5.32 Å². The van der Waals surface area contributed by atoms with Gasteiger partial charge >= 0.3 is 0 Å². The number of rotatable bonds is 6. The maximum atomic E-state index is 5.32. The number of hydrogen-bond acceptors (Lipinski definition) is 3. The number of benzene rings is 5. The van der Waals surface area contributed by atoms with Crippen molar-refractivity contribution < 1.29 is 0 Å². The maximum absolute atomic E-state index is 5.32. The molecule has 0 spiro atoms. The predicted octanol–water partition coefficient (Wildman–Crippen LogP) is 9.99. The van der Waals surface area contributed by atoms with E-state index in [4.69, 9.17) is 9.98 Å². The molecule has 0 radical (unpaired) electrons. The number of pyridine rings is 1. The Morgan fingerprint density at radius 3 is 1.73 bits per heavy atom. The lowest BCUT2D eigenvalue weighted by Crippen LogP contribution is -2.22. The summed E-state index contributed by atoms with van der Waals surface area (Å²) in [6.45, 7) is 0. The van der Waals surface area contributed by atoms with Gasteiger partial charge in [0.25, 0.3) is 0 Å². The molecular weight excluding hydrogens is 534 g/mol. The van der Waals surface area contributed by atoms with Crippen molar-refractivity contribution in [3.8, 4) is 33.5 Å². The van der Waals surface area contributed by atoms with Gasteiger partial charge in [-0.1, -0.05) is 152 Å². The molecule has 2 heterocycles. The quantitative estimate of drug-likeness (QED) is 0.217. The Bertz CT molecular complexity index is 1890.